The summed E-state index contributed by atoms with van der Waals surface area (Å²) in [6.45, 7) is 4.03. The van der Waals surface area contributed by atoms with Crippen molar-refractivity contribution < 1.29 is 9.53 Å². The smallest absolute Gasteiger partial charge is 0.322 e. The molecule has 2 N–H and O–H groups in total. The predicted octanol–water partition coefficient (Wildman–Crippen LogP) is 1.35. The normalized spacial score (nSPS) is 12.3. The highest BCUT2D eigenvalue weighted by Gasteiger charge is 2.15. The molecule has 0 aliphatic heterocycles. The molecule has 1 rings (SSSR count). The van der Waals surface area contributed by atoms with Crippen LogP contribution in [0, 0.1) is 13.8 Å². The minimum absolute atomic E-state index is 0.365. The van der Waals surface area contributed by atoms with E-state index in [1.807, 2.05) is 26.0 Å². The molecule has 1 atom stereocenters. The van der Waals surface area contributed by atoms with Gasteiger partial charge in [-0.2, -0.15) is 0 Å². The first-order valence-electron chi connectivity index (χ1n) is 4.94. The molecular weight excluding hydrogens is 190 g/mol. The summed E-state index contributed by atoms with van der Waals surface area (Å²) in [5.74, 6) is -0.365. The van der Waals surface area contributed by atoms with Gasteiger partial charge < -0.3 is 10.5 Å². The zero-order valence-electron chi connectivity index (χ0n) is 9.41. The number of nitrogens with two attached hydrogens (primary N) is 1. The monoisotopic (exact) mass is 207 g/mol. The lowest BCUT2D eigenvalue weighted by Gasteiger charge is -2.11. The molecule has 0 saturated carbocycles. The Kier molecular flexibility index (Phi) is 3.86. The SMILES string of the molecule is COC(=O)C(N)Cc1cc(C)ccc1C. The van der Waals surface area contributed by atoms with Crippen molar-refractivity contribution in [1.29, 1.82) is 0 Å². The Labute approximate surface area is 90.2 Å². The Balaban J connectivity index is 2.80. The molecule has 1 aromatic rings. The highest BCUT2D eigenvalue weighted by atomic mass is 16.5. The van der Waals surface area contributed by atoms with E-state index < -0.39 is 6.04 Å². The molecule has 3 heteroatoms. The van der Waals surface area contributed by atoms with Crippen molar-refractivity contribution in [2.24, 2.45) is 5.73 Å². The van der Waals surface area contributed by atoms with Gasteiger partial charge in [-0.3, -0.25) is 4.79 Å². The van der Waals surface area contributed by atoms with E-state index in [0.29, 0.717) is 6.42 Å². The Hall–Kier alpha value is -1.35. The van der Waals surface area contributed by atoms with Crippen molar-refractivity contribution in [3.8, 4) is 0 Å². The summed E-state index contributed by atoms with van der Waals surface area (Å²) in [4.78, 5) is 11.2. The lowest BCUT2D eigenvalue weighted by atomic mass is 9.99. The molecule has 0 bridgehead atoms. The Morgan fingerprint density at radius 1 is 1.47 bits per heavy atom. The Morgan fingerprint density at radius 2 is 2.13 bits per heavy atom. The summed E-state index contributed by atoms with van der Waals surface area (Å²) >= 11 is 0. The van der Waals surface area contributed by atoms with Gasteiger partial charge in [-0.25, -0.2) is 0 Å². The average molecular weight is 207 g/mol. The van der Waals surface area contributed by atoms with E-state index in [0.717, 1.165) is 11.1 Å². The standard InChI is InChI=1S/C12H17NO2/c1-8-4-5-9(2)10(6-8)7-11(13)12(14)15-3/h4-6,11H,7,13H2,1-3H3. The summed E-state index contributed by atoms with van der Waals surface area (Å²) in [6, 6.07) is 5.56. The number of carbonyl (C=O) groups excluding carboxylic acids is 1. The summed E-state index contributed by atoms with van der Waals surface area (Å²) in [5.41, 5.74) is 9.14. The number of esters is 1. The number of rotatable bonds is 3. The minimum atomic E-state index is -0.574. The lowest BCUT2D eigenvalue weighted by molar-refractivity contribution is -0.142. The molecule has 0 fully saturated rings. The number of aryl methyl sites for hydroxylation is 2. The van der Waals surface area contributed by atoms with E-state index in [9.17, 15) is 4.79 Å². The molecule has 1 unspecified atom stereocenters. The number of methoxy groups -OCH3 is 1. The fraction of sp³-hybridized carbons (Fsp3) is 0.417. The van der Waals surface area contributed by atoms with Crippen LogP contribution in [0.25, 0.3) is 0 Å². The Morgan fingerprint density at radius 3 is 2.73 bits per heavy atom. The van der Waals surface area contributed by atoms with Gasteiger partial charge in [-0.1, -0.05) is 23.8 Å². The molecule has 0 saturated heterocycles. The van der Waals surface area contributed by atoms with Crippen LogP contribution >= 0.6 is 0 Å². The van der Waals surface area contributed by atoms with Gasteiger partial charge in [0.05, 0.1) is 7.11 Å². The van der Waals surface area contributed by atoms with E-state index >= 15 is 0 Å². The molecule has 0 amide bonds. The van der Waals surface area contributed by atoms with Crippen LogP contribution in [0.3, 0.4) is 0 Å². The van der Waals surface area contributed by atoms with Crippen LogP contribution in [0.15, 0.2) is 18.2 Å². The van der Waals surface area contributed by atoms with Crippen LogP contribution in [-0.4, -0.2) is 19.1 Å². The van der Waals surface area contributed by atoms with Gasteiger partial charge in [-0.05, 0) is 31.4 Å². The van der Waals surface area contributed by atoms with E-state index in [1.165, 1.54) is 12.7 Å². The minimum Gasteiger partial charge on any atom is -0.468 e. The molecule has 82 valence electrons. The fourth-order valence-corrected chi connectivity index (χ4v) is 1.49. The second-order valence-electron chi connectivity index (χ2n) is 3.76. The van der Waals surface area contributed by atoms with E-state index in [-0.39, 0.29) is 5.97 Å². The maximum Gasteiger partial charge on any atom is 0.322 e. The molecule has 0 aliphatic rings. The second-order valence-corrected chi connectivity index (χ2v) is 3.76. The van der Waals surface area contributed by atoms with Crippen LogP contribution in [0.5, 0.6) is 0 Å². The molecule has 3 nitrogen and oxygen atoms in total. The molecule has 15 heavy (non-hydrogen) atoms. The maximum absolute atomic E-state index is 11.2. The number of benzene rings is 1. The number of ether oxygens (including phenoxy) is 1. The first kappa shape index (κ1) is 11.7. The van der Waals surface area contributed by atoms with Crippen molar-refractivity contribution in [1.82, 2.24) is 0 Å². The third-order valence-corrected chi connectivity index (χ3v) is 2.45. The number of carbonyl (C=O) groups is 1. The molecule has 0 radical (unpaired) electrons. The Bertz CT molecular complexity index is 361. The van der Waals surface area contributed by atoms with E-state index in [2.05, 4.69) is 10.8 Å². The lowest BCUT2D eigenvalue weighted by Crippen LogP contribution is -2.33. The van der Waals surface area contributed by atoms with Crippen LogP contribution in [0.2, 0.25) is 0 Å². The van der Waals surface area contributed by atoms with Crippen LogP contribution in [0.1, 0.15) is 16.7 Å². The second kappa shape index (κ2) is 4.94. The third-order valence-electron chi connectivity index (χ3n) is 2.45. The maximum atomic E-state index is 11.2. The van der Waals surface area contributed by atoms with Crippen LogP contribution in [-0.2, 0) is 16.0 Å². The van der Waals surface area contributed by atoms with Crippen LogP contribution < -0.4 is 5.73 Å². The molecule has 0 spiro atoms. The van der Waals surface area contributed by atoms with Gasteiger partial charge in [0.25, 0.3) is 0 Å². The predicted molar refractivity (Wildman–Crippen MR) is 59.6 cm³/mol. The first-order chi connectivity index (χ1) is 7.04. The average Bonchev–Trinajstić information content (AvgIpc) is 2.22. The quantitative estimate of drug-likeness (QED) is 0.761. The summed E-state index contributed by atoms with van der Waals surface area (Å²) in [5, 5.41) is 0. The summed E-state index contributed by atoms with van der Waals surface area (Å²) < 4.78 is 4.59. The molecule has 0 heterocycles. The van der Waals surface area contributed by atoms with Gasteiger partial charge in [0.1, 0.15) is 6.04 Å². The van der Waals surface area contributed by atoms with Crippen molar-refractivity contribution in [2.45, 2.75) is 26.3 Å². The fourth-order valence-electron chi connectivity index (χ4n) is 1.49. The van der Waals surface area contributed by atoms with Crippen molar-refractivity contribution in [3.05, 3.63) is 34.9 Å². The molecular formula is C12H17NO2. The van der Waals surface area contributed by atoms with Crippen LogP contribution in [0.4, 0.5) is 0 Å². The van der Waals surface area contributed by atoms with E-state index in [4.69, 9.17) is 5.73 Å². The highest BCUT2D eigenvalue weighted by molar-refractivity contribution is 5.75. The van der Waals surface area contributed by atoms with Gasteiger partial charge in [0.2, 0.25) is 0 Å². The van der Waals surface area contributed by atoms with E-state index in [1.54, 1.807) is 0 Å². The molecule has 0 aromatic heterocycles. The van der Waals surface area contributed by atoms with Gasteiger partial charge in [-0.15, -0.1) is 0 Å². The summed E-state index contributed by atoms with van der Waals surface area (Å²) in [7, 11) is 1.35. The topological polar surface area (TPSA) is 52.3 Å². The van der Waals surface area contributed by atoms with Crippen molar-refractivity contribution in [3.63, 3.8) is 0 Å². The van der Waals surface area contributed by atoms with Gasteiger partial charge >= 0.3 is 5.97 Å². The molecule has 1 aromatic carbocycles. The van der Waals surface area contributed by atoms with Crippen molar-refractivity contribution in [2.75, 3.05) is 7.11 Å². The third kappa shape index (κ3) is 3.06. The zero-order chi connectivity index (χ0) is 11.4. The summed E-state index contributed by atoms with van der Waals surface area (Å²) in [6.07, 6.45) is 0.528. The number of hydrogen-bond acceptors (Lipinski definition) is 3. The van der Waals surface area contributed by atoms with Gasteiger partial charge in [0, 0.05) is 0 Å². The largest absolute Gasteiger partial charge is 0.468 e. The molecule has 0 aliphatic carbocycles. The highest BCUT2D eigenvalue weighted by Crippen LogP contribution is 2.12. The zero-order valence-corrected chi connectivity index (χ0v) is 9.41. The van der Waals surface area contributed by atoms with Gasteiger partial charge in [0.15, 0.2) is 0 Å². The van der Waals surface area contributed by atoms with Crippen molar-refractivity contribution >= 4 is 5.97 Å². The number of hydrogen-bond donors (Lipinski definition) is 1. The first-order valence-corrected chi connectivity index (χ1v) is 4.94.